The van der Waals surface area contributed by atoms with E-state index in [2.05, 4.69) is 42.3 Å². The zero-order chi connectivity index (χ0) is 35.8. The van der Waals surface area contributed by atoms with Gasteiger partial charge in [-0.1, -0.05) is 239 Å². The second kappa shape index (κ2) is 39.4. The number of hydrogen-bond acceptors (Lipinski definition) is 0. The minimum atomic E-state index is 1.23. The Labute approximate surface area is 317 Å². The SMILES string of the molecule is CCCCCCCCCCCCCCCCCCCn1cc[n+](CCCCCCCCCCCCCCCCC)c1CCCCCCCCC. The van der Waals surface area contributed by atoms with Crippen molar-refractivity contribution in [2.24, 2.45) is 0 Å². The summed E-state index contributed by atoms with van der Waals surface area (Å²) in [5, 5.41) is 0. The van der Waals surface area contributed by atoms with Crippen molar-refractivity contribution in [1.82, 2.24) is 4.57 Å². The maximum Gasteiger partial charge on any atom is 0.256 e. The van der Waals surface area contributed by atoms with Gasteiger partial charge in [0, 0.05) is 6.42 Å². The van der Waals surface area contributed by atoms with Crippen LogP contribution in [0, 0.1) is 0 Å². The first-order valence-electron chi connectivity index (χ1n) is 23.9. The molecule has 0 N–H and O–H groups in total. The lowest BCUT2D eigenvalue weighted by atomic mass is 10.0. The molecule has 0 fully saturated rings. The minimum absolute atomic E-state index is 1.23. The van der Waals surface area contributed by atoms with Gasteiger partial charge in [0.15, 0.2) is 0 Å². The summed E-state index contributed by atoms with van der Waals surface area (Å²) in [4.78, 5) is 0. The van der Waals surface area contributed by atoms with Crippen molar-refractivity contribution >= 4 is 0 Å². The van der Waals surface area contributed by atoms with Crippen LogP contribution in [0.5, 0.6) is 0 Å². The maximum absolute atomic E-state index is 2.65. The number of imidazole rings is 1. The van der Waals surface area contributed by atoms with Gasteiger partial charge in [0.25, 0.3) is 5.82 Å². The summed E-state index contributed by atoms with van der Waals surface area (Å²) in [5.74, 6) is 1.63. The quantitative estimate of drug-likeness (QED) is 0.0474. The third kappa shape index (κ3) is 30.8. The highest BCUT2D eigenvalue weighted by atomic mass is 15.1. The summed E-state index contributed by atoms with van der Waals surface area (Å²) in [5.41, 5.74) is 0. The van der Waals surface area contributed by atoms with Crippen molar-refractivity contribution in [3.8, 4) is 0 Å². The van der Waals surface area contributed by atoms with E-state index >= 15 is 0 Å². The van der Waals surface area contributed by atoms with Gasteiger partial charge in [0.05, 0.1) is 13.1 Å². The first kappa shape index (κ1) is 47.2. The van der Waals surface area contributed by atoms with Crippen molar-refractivity contribution in [2.75, 3.05) is 0 Å². The number of aryl methyl sites for hydroxylation is 2. The molecule has 0 saturated heterocycles. The smallest absolute Gasteiger partial charge is 0.234 e. The predicted octanol–water partition coefficient (Wildman–Crippen LogP) is 16.6. The van der Waals surface area contributed by atoms with Gasteiger partial charge in [-0.05, 0) is 32.1 Å². The lowest BCUT2D eigenvalue weighted by Crippen LogP contribution is -2.37. The molecule has 0 aliphatic rings. The molecule has 2 heteroatoms. The number of hydrogen-bond donors (Lipinski definition) is 0. The van der Waals surface area contributed by atoms with Crippen molar-refractivity contribution in [3.05, 3.63) is 18.2 Å². The van der Waals surface area contributed by atoms with Gasteiger partial charge in [-0.25, -0.2) is 9.13 Å². The molecule has 2 nitrogen and oxygen atoms in total. The van der Waals surface area contributed by atoms with E-state index in [1.165, 1.54) is 270 Å². The number of rotatable bonds is 42. The van der Waals surface area contributed by atoms with Gasteiger partial charge in [-0.15, -0.1) is 0 Å². The molecule has 296 valence electrons. The topological polar surface area (TPSA) is 8.81 Å². The molecule has 0 aliphatic heterocycles. The summed E-state index contributed by atoms with van der Waals surface area (Å²) in [7, 11) is 0. The average molecular weight is 700 g/mol. The van der Waals surface area contributed by atoms with Crippen molar-refractivity contribution in [1.29, 1.82) is 0 Å². The standard InChI is InChI=1S/C48H95N2/c1-4-7-10-13-16-18-20-22-24-25-27-29-31-33-36-39-42-45-50-47-46-49(48(50)43-40-37-34-15-12-9-6-3)44-41-38-35-32-30-28-26-23-21-19-17-14-11-8-5-2/h46-47H,4-45H2,1-3H3/q+1. The zero-order valence-electron chi connectivity index (χ0n) is 35.2. The molecule has 0 aliphatic carbocycles. The van der Waals surface area contributed by atoms with E-state index in [1.807, 2.05) is 0 Å². The molecule has 0 saturated carbocycles. The summed E-state index contributed by atoms with van der Waals surface area (Å²) >= 11 is 0. The van der Waals surface area contributed by atoms with Gasteiger partial charge < -0.3 is 0 Å². The highest BCUT2D eigenvalue weighted by Crippen LogP contribution is 2.17. The molecular formula is C48H95N2+. The zero-order valence-corrected chi connectivity index (χ0v) is 35.2. The summed E-state index contributed by atoms with van der Waals surface area (Å²) in [6, 6.07) is 0. The summed E-state index contributed by atoms with van der Waals surface area (Å²) < 4.78 is 5.29. The van der Waals surface area contributed by atoms with Crippen molar-refractivity contribution in [2.45, 2.75) is 291 Å². The van der Waals surface area contributed by atoms with Crippen LogP contribution in [0.1, 0.15) is 277 Å². The van der Waals surface area contributed by atoms with Crippen LogP contribution < -0.4 is 4.57 Å². The van der Waals surface area contributed by atoms with Crippen LogP contribution in [0.4, 0.5) is 0 Å². The van der Waals surface area contributed by atoms with Crippen LogP contribution in [-0.4, -0.2) is 4.57 Å². The third-order valence-electron chi connectivity index (χ3n) is 11.6. The van der Waals surface area contributed by atoms with Crippen molar-refractivity contribution in [3.63, 3.8) is 0 Å². The van der Waals surface area contributed by atoms with Crippen LogP contribution in [0.2, 0.25) is 0 Å². The van der Waals surface area contributed by atoms with Gasteiger partial charge in [-0.3, -0.25) is 0 Å². The maximum atomic E-state index is 2.65. The fraction of sp³-hybridized carbons (Fsp3) is 0.938. The van der Waals surface area contributed by atoms with Gasteiger partial charge in [0.1, 0.15) is 12.4 Å². The molecule has 1 aromatic rings. The van der Waals surface area contributed by atoms with Crippen LogP contribution in [0.25, 0.3) is 0 Å². The Morgan fingerprint density at radius 1 is 0.340 bits per heavy atom. The molecule has 1 heterocycles. The normalized spacial score (nSPS) is 11.7. The summed E-state index contributed by atoms with van der Waals surface area (Å²) in [6.07, 6.45) is 62.3. The number of nitrogens with zero attached hydrogens (tertiary/aromatic N) is 2. The second-order valence-corrected chi connectivity index (χ2v) is 16.6. The van der Waals surface area contributed by atoms with E-state index in [0.29, 0.717) is 0 Å². The number of aromatic nitrogens is 2. The molecule has 50 heavy (non-hydrogen) atoms. The Morgan fingerprint density at radius 3 is 0.960 bits per heavy atom. The molecule has 1 aromatic heterocycles. The van der Waals surface area contributed by atoms with E-state index < -0.39 is 0 Å². The number of unbranched alkanes of at least 4 members (excludes halogenated alkanes) is 36. The Hall–Kier alpha value is -0.790. The molecule has 0 unspecified atom stereocenters. The van der Waals surface area contributed by atoms with Crippen LogP contribution in [0.3, 0.4) is 0 Å². The van der Waals surface area contributed by atoms with E-state index in [4.69, 9.17) is 0 Å². The van der Waals surface area contributed by atoms with Crippen LogP contribution >= 0.6 is 0 Å². The summed E-state index contributed by atoms with van der Waals surface area (Å²) in [6.45, 7) is 9.42. The molecular weight excluding hydrogens is 605 g/mol. The van der Waals surface area contributed by atoms with Crippen molar-refractivity contribution < 1.29 is 4.57 Å². The molecule has 0 spiro atoms. The molecule has 0 radical (unpaired) electrons. The molecule has 0 bridgehead atoms. The molecule has 0 amide bonds. The van der Waals surface area contributed by atoms with E-state index in [0.717, 1.165) is 0 Å². The van der Waals surface area contributed by atoms with Gasteiger partial charge >= 0.3 is 0 Å². The Kier molecular flexibility index (Phi) is 37.2. The lowest BCUT2D eigenvalue weighted by Gasteiger charge is -2.07. The lowest BCUT2D eigenvalue weighted by molar-refractivity contribution is -0.704. The van der Waals surface area contributed by atoms with Crippen LogP contribution in [0.15, 0.2) is 12.4 Å². The highest BCUT2D eigenvalue weighted by molar-refractivity contribution is 4.84. The first-order valence-corrected chi connectivity index (χ1v) is 23.9. The fourth-order valence-corrected chi connectivity index (χ4v) is 8.09. The van der Waals surface area contributed by atoms with E-state index in [9.17, 15) is 0 Å². The van der Waals surface area contributed by atoms with Crippen LogP contribution in [-0.2, 0) is 19.5 Å². The van der Waals surface area contributed by atoms with E-state index in [-0.39, 0.29) is 0 Å². The largest absolute Gasteiger partial charge is 0.256 e. The average Bonchev–Trinajstić information content (AvgIpc) is 3.51. The van der Waals surface area contributed by atoms with Gasteiger partial charge in [0.2, 0.25) is 0 Å². The van der Waals surface area contributed by atoms with Gasteiger partial charge in [-0.2, -0.15) is 0 Å². The second-order valence-electron chi connectivity index (χ2n) is 16.6. The predicted molar refractivity (Wildman–Crippen MR) is 225 cm³/mol. The first-order chi connectivity index (χ1) is 24.8. The van der Waals surface area contributed by atoms with E-state index in [1.54, 1.807) is 5.82 Å². The highest BCUT2D eigenvalue weighted by Gasteiger charge is 2.16. The monoisotopic (exact) mass is 700 g/mol. The third-order valence-corrected chi connectivity index (χ3v) is 11.6. The molecule has 0 aromatic carbocycles. The fourth-order valence-electron chi connectivity index (χ4n) is 8.09. The Bertz CT molecular complexity index is 766. The minimum Gasteiger partial charge on any atom is -0.234 e. The molecule has 1 rings (SSSR count). The Morgan fingerprint density at radius 2 is 0.620 bits per heavy atom. The Balaban J connectivity index is 2.17. The molecule has 0 atom stereocenters.